The van der Waals surface area contributed by atoms with Crippen molar-refractivity contribution in [3.05, 3.63) is 83.9 Å². The molecule has 3 fully saturated rings. The van der Waals surface area contributed by atoms with Gasteiger partial charge in [-0.2, -0.15) is 0 Å². The molecule has 0 unspecified atom stereocenters. The molecule has 4 heterocycles. The normalized spacial score (nSPS) is 25.4. The van der Waals surface area contributed by atoms with E-state index in [-0.39, 0.29) is 18.4 Å². The zero-order chi connectivity index (χ0) is 33.4. The van der Waals surface area contributed by atoms with Crippen LogP contribution in [0, 0.1) is 0 Å². The number of aliphatic hydroxyl groups excluding tert-OH is 3. The molecule has 0 bridgehead atoms. The summed E-state index contributed by atoms with van der Waals surface area (Å²) in [7, 11) is 1.16. The summed E-state index contributed by atoms with van der Waals surface area (Å²) in [5, 5.41) is 45.2. The van der Waals surface area contributed by atoms with Gasteiger partial charge in [0.1, 0.15) is 18.3 Å². The zero-order valence-electron chi connectivity index (χ0n) is 26.5. The third-order valence-electron chi connectivity index (χ3n) is 9.14. The van der Waals surface area contributed by atoms with Crippen LogP contribution in [0.15, 0.2) is 77.8 Å². The summed E-state index contributed by atoms with van der Waals surface area (Å²) in [5.41, 5.74) is 4.32. The van der Waals surface area contributed by atoms with E-state index in [4.69, 9.17) is 19.0 Å². The number of benzene rings is 3. The number of carbonyl (C=O) groups is 1. The predicted molar refractivity (Wildman–Crippen MR) is 180 cm³/mol. The fraction of sp³-hybridized carbons (Fsp3) is 0.353. The second kappa shape index (κ2) is 13.4. The van der Waals surface area contributed by atoms with Gasteiger partial charge >= 0.3 is 7.12 Å². The molecule has 3 aliphatic heterocycles. The SMILES string of the molecule is CN1CCN(CC(=O)Nc2ccc(N=C(c3ccccc3)c3c(O)[nH]c4cc(B5OC[C@]6(O5)O[C@H](CO)[C@@H](O)[C@@H]6O)ccc34)cc2)CC1. The Hall–Kier alpha value is -4.12. The molecule has 13 nitrogen and oxygen atoms in total. The Kier molecular flexibility index (Phi) is 9.07. The van der Waals surface area contributed by atoms with Crippen LogP contribution in [-0.2, 0) is 18.8 Å². The van der Waals surface area contributed by atoms with Gasteiger partial charge in [-0.3, -0.25) is 9.69 Å². The molecule has 4 aromatic rings. The van der Waals surface area contributed by atoms with Crippen LogP contribution in [-0.4, -0.2) is 131 Å². The van der Waals surface area contributed by atoms with E-state index in [2.05, 4.69) is 27.1 Å². The number of aliphatic imine (C=N–C) groups is 1. The molecule has 0 aliphatic carbocycles. The number of nitrogens with one attached hydrogen (secondary N) is 2. The van der Waals surface area contributed by atoms with Crippen LogP contribution in [0.3, 0.4) is 0 Å². The predicted octanol–water partition coefficient (Wildman–Crippen LogP) is 0.780. The van der Waals surface area contributed by atoms with E-state index in [0.717, 1.165) is 31.7 Å². The average molecular weight is 656 g/mol. The fourth-order valence-corrected chi connectivity index (χ4v) is 6.43. The Balaban J connectivity index is 1.13. The van der Waals surface area contributed by atoms with Crippen molar-refractivity contribution in [2.24, 2.45) is 4.99 Å². The van der Waals surface area contributed by atoms with E-state index < -0.39 is 37.8 Å². The highest BCUT2D eigenvalue weighted by Crippen LogP contribution is 2.37. The zero-order valence-corrected chi connectivity index (χ0v) is 26.5. The number of carbonyl (C=O) groups excluding carboxylic acids is 1. The number of aliphatic hydroxyl groups is 3. The number of aromatic hydroxyl groups is 1. The van der Waals surface area contributed by atoms with Gasteiger partial charge in [-0.25, -0.2) is 4.99 Å². The molecule has 3 aromatic carbocycles. The molecular weight excluding hydrogens is 617 g/mol. The van der Waals surface area contributed by atoms with E-state index >= 15 is 0 Å². The Morgan fingerprint density at radius 1 is 1.06 bits per heavy atom. The van der Waals surface area contributed by atoms with Crippen molar-refractivity contribution >= 4 is 46.5 Å². The molecule has 1 aromatic heterocycles. The van der Waals surface area contributed by atoms with Gasteiger partial charge < -0.3 is 49.7 Å². The molecule has 14 heteroatoms. The van der Waals surface area contributed by atoms with Crippen molar-refractivity contribution in [3.8, 4) is 5.88 Å². The van der Waals surface area contributed by atoms with Crippen molar-refractivity contribution in [1.29, 1.82) is 0 Å². The maximum absolute atomic E-state index is 12.7. The van der Waals surface area contributed by atoms with E-state index in [9.17, 15) is 25.2 Å². The summed E-state index contributed by atoms with van der Waals surface area (Å²) < 4.78 is 17.4. The summed E-state index contributed by atoms with van der Waals surface area (Å²) in [6.07, 6.45) is -3.72. The van der Waals surface area contributed by atoms with Gasteiger partial charge in [0.25, 0.3) is 0 Å². The van der Waals surface area contributed by atoms with Gasteiger partial charge in [-0.1, -0.05) is 42.5 Å². The molecule has 6 N–H and O–H groups in total. The summed E-state index contributed by atoms with van der Waals surface area (Å²) in [4.78, 5) is 25.1. The highest BCUT2D eigenvalue weighted by molar-refractivity contribution is 6.62. The van der Waals surface area contributed by atoms with Crippen molar-refractivity contribution in [2.75, 3.05) is 58.3 Å². The lowest BCUT2D eigenvalue weighted by Crippen LogP contribution is -2.47. The van der Waals surface area contributed by atoms with Crippen LogP contribution < -0.4 is 10.8 Å². The van der Waals surface area contributed by atoms with Crippen LogP contribution in [0.1, 0.15) is 11.1 Å². The number of amides is 1. The van der Waals surface area contributed by atoms with Crippen molar-refractivity contribution in [2.45, 2.75) is 24.1 Å². The number of fused-ring (bicyclic) bond motifs is 1. The maximum Gasteiger partial charge on any atom is 0.496 e. The monoisotopic (exact) mass is 655 g/mol. The van der Waals surface area contributed by atoms with Crippen molar-refractivity contribution in [1.82, 2.24) is 14.8 Å². The highest BCUT2D eigenvalue weighted by atomic mass is 16.8. The molecule has 0 saturated carbocycles. The largest absolute Gasteiger partial charge is 0.496 e. The number of likely N-dealkylation sites (N-methyl/N-ethyl adjacent to an activating group) is 1. The summed E-state index contributed by atoms with van der Waals surface area (Å²) in [5.74, 6) is -1.75. The number of hydrogen-bond donors (Lipinski definition) is 6. The number of nitrogens with zero attached hydrogens (tertiary/aromatic N) is 3. The fourth-order valence-electron chi connectivity index (χ4n) is 6.43. The Morgan fingerprint density at radius 2 is 1.81 bits per heavy atom. The number of H-pyrrole nitrogens is 1. The van der Waals surface area contributed by atoms with Crippen LogP contribution in [0.5, 0.6) is 5.88 Å². The first-order valence-electron chi connectivity index (χ1n) is 16.0. The first kappa shape index (κ1) is 32.4. The first-order chi connectivity index (χ1) is 23.2. The molecular formula is C34H38BN5O8. The number of aromatic nitrogens is 1. The van der Waals surface area contributed by atoms with Gasteiger partial charge in [0.05, 0.1) is 36.7 Å². The second-order valence-corrected chi connectivity index (χ2v) is 12.5. The molecule has 4 atom stereocenters. The smallest absolute Gasteiger partial charge is 0.494 e. The first-order valence-corrected chi connectivity index (χ1v) is 16.0. The molecule has 1 spiro atoms. The van der Waals surface area contributed by atoms with Crippen LogP contribution in [0.25, 0.3) is 10.9 Å². The minimum absolute atomic E-state index is 0.0636. The molecule has 0 radical (unpaired) electrons. The Morgan fingerprint density at radius 3 is 2.52 bits per heavy atom. The quantitative estimate of drug-likeness (QED) is 0.118. The third kappa shape index (κ3) is 6.36. The number of anilines is 1. The standard InChI is InChI=1S/C34H38BN5O8/c1-39-13-15-40(16-14-39)18-28(42)36-23-8-10-24(11-9-23)37-30(21-5-3-2-4-6-21)29-25-12-7-22(17-26(25)38-33(29)45)35-46-20-34(48-35)32(44)31(43)27(19-41)47-34/h2-12,17,27,31-32,38,41,43-45H,13-16,18-20H2,1H3,(H,36,42)/t27-,31-,32+,34-/m1/s1. The molecule has 48 heavy (non-hydrogen) atoms. The minimum Gasteiger partial charge on any atom is -0.494 e. The molecule has 3 aliphatic rings. The van der Waals surface area contributed by atoms with Gasteiger partial charge in [-0.15, -0.1) is 0 Å². The van der Waals surface area contributed by atoms with E-state index in [1.54, 1.807) is 12.1 Å². The lowest BCUT2D eigenvalue weighted by Gasteiger charge is -2.31. The van der Waals surface area contributed by atoms with Gasteiger partial charge in [0, 0.05) is 48.3 Å². The number of aromatic amines is 1. The van der Waals surface area contributed by atoms with Crippen LogP contribution >= 0.6 is 0 Å². The van der Waals surface area contributed by atoms with Gasteiger partial charge in [0.2, 0.25) is 11.7 Å². The number of rotatable bonds is 8. The van der Waals surface area contributed by atoms with Crippen LogP contribution in [0.2, 0.25) is 0 Å². The Labute approximate surface area is 277 Å². The number of hydrogen-bond acceptors (Lipinski definition) is 11. The lowest BCUT2D eigenvalue weighted by molar-refractivity contribution is -0.202. The maximum atomic E-state index is 12.7. The highest BCUT2D eigenvalue weighted by Gasteiger charge is 2.60. The second-order valence-electron chi connectivity index (χ2n) is 12.5. The molecule has 250 valence electrons. The van der Waals surface area contributed by atoms with Crippen molar-refractivity contribution in [3.63, 3.8) is 0 Å². The van der Waals surface area contributed by atoms with Gasteiger partial charge in [-0.05, 0) is 42.8 Å². The summed E-state index contributed by atoms with van der Waals surface area (Å²) >= 11 is 0. The van der Waals surface area contributed by atoms with E-state index in [1.807, 2.05) is 60.7 Å². The number of ether oxygens (including phenoxy) is 1. The molecule has 7 rings (SSSR count). The molecule has 3 saturated heterocycles. The molecule has 1 amide bonds. The van der Waals surface area contributed by atoms with E-state index in [1.165, 1.54) is 0 Å². The summed E-state index contributed by atoms with van der Waals surface area (Å²) in [6.45, 7) is 3.33. The van der Waals surface area contributed by atoms with E-state index in [0.29, 0.717) is 45.6 Å². The Bertz CT molecular complexity index is 1800. The van der Waals surface area contributed by atoms with Crippen LogP contribution in [0.4, 0.5) is 11.4 Å². The summed E-state index contributed by atoms with van der Waals surface area (Å²) in [6, 6.07) is 22.2. The van der Waals surface area contributed by atoms with Gasteiger partial charge in [0.15, 0.2) is 5.88 Å². The average Bonchev–Trinajstić information content (AvgIpc) is 3.75. The topological polar surface area (TPSA) is 172 Å². The third-order valence-corrected chi connectivity index (χ3v) is 9.14. The van der Waals surface area contributed by atoms with Crippen molar-refractivity contribution < 1.29 is 39.3 Å². The number of piperazine rings is 1. The minimum atomic E-state index is -1.61. The lowest BCUT2D eigenvalue weighted by atomic mass is 9.79.